The van der Waals surface area contributed by atoms with Gasteiger partial charge < -0.3 is 16.4 Å². The number of anilines is 5. The van der Waals surface area contributed by atoms with E-state index in [9.17, 15) is 10.1 Å². The van der Waals surface area contributed by atoms with Crippen LogP contribution in [0.25, 0.3) is 0 Å². The Labute approximate surface area is 195 Å². The molecule has 0 radical (unpaired) electrons. The Balaban J connectivity index is 0.000000182. The van der Waals surface area contributed by atoms with Crippen molar-refractivity contribution in [3.63, 3.8) is 0 Å². The normalized spacial score (nSPS) is 9.94. The topological polar surface area (TPSA) is 93.2 Å². The first-order chi connectivity index (χ1) is 15.4. The van der Waals surface area contributed by atoms with Crippen molar-refractivity contribution in [3.05, 3.63) is 117 Å². The van der Waals surface area contributed by atoms with Crippen LogP contribution in [0.3, 0.4) is 0 Å². The Morgan fingerprint density at radius 3 is 1.59 bits per heavy atom. The second kappa shape index (κ2) is 11.0. The first-order valence-electron chi connectivity index (χ1n) is 9.55. The summed E-state index contributed by atoms with van der Waals surface area (Å²) in [4.78, 5) is 10.4. The molecular weight excluding hydrogens is 447 g/mol. The number of halogens is 2. The first-order valence-corrected chi connectivity index (χ1v) is 10.3. The van der Waals surface area contributed by atoms with Crippen LogP contribution in [0.1, 0.15) is 0 Å². The van der Waals surface area contributed by atoms with E-state index in [1.165, 1.54) is 6.07 Å². The van der Waals surface area contributed by atoms with E-state index in [1.54, 1.807) is 42.5 Å². The lowest BCUT2D eigenvalue weighted by atomic mass is 10.2. The van der Waals surface area contributed by atoms with Gasteiger partial charge in [-0.1, -0.05) is 47.5 Å². The maximum Gasteiger partial charge on any atom is 0.292 e. The van der Waals surface area contributed by atoms with E-state index in [-0.39, 0.29) is 5.69 Å². The average molecular weight is 467 g/mol. The fourth-order valence-corrected chi connectivity index (χ4v) is 2.98. The Morgan fingerprint density at radius 1 is 0.656 bits per heavy atom. The van der Waals surface area contributed by atoms with E-state index in [2.05, 4.69) is 10.6 Å². The second-order valence-electron chi connectivity index (χ2n) is 6.63. The summed E-state index contributed by atoms with van der Waals surface area (Å²) in [6.45, 7) is 0. The number of nitrogens with zero attached hydrogens (tertiary/aromatic N) is 1. The Hall–Kier alpha value is -3.74. The van der Waals surface area contributed by atoms with Crippen LogP contribution < -0.4 is 16.4 Å². The smallest absolute Gasteiger partial charge is 0.292 e. The lowest BCUT2D eigenvalue weighted by Crippen LogP contribution is -1.96. The van der Waals surface area contributed by atoms with Crippen molar-refractivity contribution in [1.29, 1.82) is 0 Å². The van der Waals surface area contributed by atoms with Gasteiger partial charge in [0, 0.05) is 27.5 Å². The van der Waals surface area contributed by atoms with Crippen LogP contribution in [0.15, 0.2) is 97.1 Å². The van der Waals surface area contributed by atoms with Crippen LogP contribution in [0.4, 0.5) is 34.1 Å². The Morgan fingerprint density at radius 2 is 1.09 bits per heavy atom. The molecule has 0 bridgehead atoms. The van der Waals surface area contributed by atoms with Crippen molar-refractivity contribution in [2.45, 2.75) is 0 Å². The number of nitrogen functional groups attached to an aromatic ring is 1. The molecule has 0 saturated carbocycles. The molecule has 0 saturated heterocycles. The molecule has 0 atom stereocenters. The average Bonchev–Trinajstić information content (AvgIpc) is 2.79. The molecule has 0 aliphatic carbocycles. The van der Waals surface area contributed by atoms with Crippen LogP contribution in [0, 0.1) is 10.1 Å². The monoisotopic (exact) mass is 466 g/mol. The van der Waals surface area contributed by atoms with Crippen LogP contribution in [0.2, 0.25) is 10.0 Å². The van der Waals surface area contributed by atoms with E-state index in [0.29, 0.717) is 10.7 Å². The van der Waals surface area contributed by atoms with E-state index < -0.39 is 4.92 Å². The van der Waals surface area contributed by atoms with Crippen LogP contribution in [-0.2, 0) is 0 Å². The SMILES string of the molecule is Nc1ccccc1Nc1ccc(Cl)cc1.O=[N+]([O-])c1ccccc1Nc1ccc(Cl)cc1. The highest BCUT2D eigenvalue weighted by atomic mass is 35.5. The summed E-state index contributed by atoms with van der Waals surface area (Å²) in [6.07, 6.45) is 0. The van der Waals surface area contributed by atoms with Crippen LogP contribution in [0.5, 0.6) is 0 Å². The lowest BCUT2D eigenvalue weighted by molar-refractivity contribution is -0.383. The number of nitrogens with one attached hydrogen (secondary N) is 2. The number of rotatable bonds is 5. The molecule has 4 N–H and O–H groups in total. The van der Waals surface area contributed by atoms with Gasteiger partial charge in [-0.15, -0.1) is 0 Å². The number of para-hydroxylation sites is 4. The highest BCUT2D eigenvalue weighted by Crippen LogP contribution is 2.27. The maximum atomic E-state index is 10.8. The minimum absolute atomic E-state index is 0.0439. The Bertz CT molecular complexity index is 1180. The van der Waals surface area contributed by atoms with Crippen molar-refractivity contribution in [2.24, 2.45) is 0 Å². The van der Waals surface area contributed by atoms with Crippen molar-refractivity contribution in [1.82, 2.24) is 0 Å². The van der Waals surface area contributed by atoms with Gasteiger partial charge in [0.15, 0.2) is 0 Å². The zero-order valence-corrected chi connectivity index (χ0v) is 18.3. The predicted octanol–water partition coefficient (Wildman–Crippen LogP) is 7.66. The molecule has 0 heterocycles. The third-order valence-electron chi connectivity index (χ3n) is 4.31. The first kappa shape index (κ1) is 22.9. The molecular formula is C24H20Cl2N4O2. The van der Waals surface area contributed by atoms with Crippen molar-refractivity contribution >= 4 is 57.3 Å². The van der Waals surface area contributed by atoms with Gasteiger partial charge in [-0.2, -0.15) is 0 Å². The summed E-state index contributed by atoms with van der Waals surface area (Å²) in [5, 5.41) is 18.4. The molecule has 6 nitrogen and oxygen atoms in total. The number of hydrogen-bond acceptors (Lipinski definition) is 5. The maximum absolute atomic E-state index is 10.8. The zero-order chi connectivity index (χ0) is 22.9. The zero-order valence-electron chi connectivity index (χ0n) is 16.8. The summed E-state index contributed by atoms with van der Waals surface area (Å²) >= 11 is 11.6. The quantitative estimate of drug-likeness (QED) is 0.159. The van der Waals surface area contributed by atoms with E-state index in [0.717, 1.165) is 27.8 Å². The molecule has 0 aliphatic heterocycles. The van der Waals surface area contributed by atoms with E-state index in [4.69, 9.17) is 28.9 Å². The second-order valence-corrected chi connectivity index (χ2v) is 7.50. The molecule has 0 amide bonds. The van der Waals surface area contributed by atoms with Crippen molar-refractivity contribution < 1.29 is 4.92 Å². The van der Waals surface area contributed by atoms with Crippen molar-refractivity contribution in [2.75, 3.05) is 16.4 Å². The molecule has 4 aromatic rings. The summed E-state index contributed by atoms with van der Waals surface area (Å²) in [5.74, 6) is 0. The molecule has 0 aromatic heterocycles. The number of hydrogen-bond donors (Lipinski definition) is 3. The molecule has 0 aliphatic rings. The van der Waals surface area contributed by atoms with Crippen molar-refractivity contribution in [3.8, 4) is 0 Å². The van der Waals surface area contributed by atoms with E-state index in [1.807, 2.05) is 48.5 Å². The largest absolute Gasteiger partial charge is 0.397 e. The van der Waals surface area contributed by atoms with Crippen LogP contribution >= 0.6 is 23.2 Å². The van der Waals surface area contributed by atoms with Crippen LogP contribution in [-0.4, -0.2) is 4.92 Å². The van der Waals surface area contributed by atoms with Gasteiger partial charge in [0.25, 0.3) is 5.69 Å². The number of benzene rings is 4. The summed E-state index contributed by atoms with van der Waals surface area (Å²) in [6, 6.07) is 28.6. The van der Waals surface area contributed by atoms with Gasteiger partial charge in [-0.05, 0) is 66.7 Å². The third-order valence-corrected chi connectivity index (χ3v) is 4.81. The van der Waals surface area contributed by atoms with Gasteiger partial charge in [-0.3, -0.25) is 10.1 Å². The fraction of sp³-hybridized carbons (Fsp3) is 0. The summed E-state index contributed by atoms with van der Waals surface area (Å²) in [7, 11) is 0. The summed E-state index contributed by atoms with van der Waals surface area (Å²) < 4.78 is 0. The molecule has 0 spiro atoms. The molecule has 4 aromatic carbocycles. The molecule has 32 heavy (non-hydrogen) atoms. The molecule has 8 heteroatoms. The standard InChI is InChI=1S/C12H9ClN2O2.C12H11ClN2/c13-9-5-7-10(8-6-9)14-11-3-1-2-4-12(11)15(16)17;13-9-5-7-10(8-6-9)15-12-4-2-1-3-11(12)14/h1-8,14H;1-8,15H,14H2. The number of nitro groups is 1. The highest BCUT2D eigenvalue weighted by molar-refractivity contribution is 6.30. The van der Waals surface area contributed by atoms with Gasteiger partial charge in [0.05, 0.1) is 16.3 Å². The molecule has 162 valence electrons. The fourth-order valence-electron chi connectivity index (χ4n) is 2.73. The minimum Gasteiger partial charge on any atom is -0.397 e. The highest BCUT2D eigenvalue weighted by Gasteiger charge is 2.11. The minimum atomic E-state index is -0.418. The van der Waals surface area contributed by atoms with E-state index >= 15 is 0 Å². The number of nitrogens with two attached hydrogens (primary N) is 1. The number of nitro benzene ring substituents is 1. The van der Waals surface area contributed by atoms with Gasteiger partial charge in [0.1, 0.15) is 5.69 Å². The Kier molecular flexibility index (Phi) is 7.91. The molecule has 4 rings (SSSR count). The van der Waals surface area contributed by atoms with Gasteiger partial charge in [0.2, 0.25) is 0 Å². The molecule has 0 unspecified atom stereocenters. The lowest BCUT2D eigenvalue weighted by Gasteiger charge is -2.08. The predicted molar refractivity (Wildman–Crippen MR) is 133 cm³/mol. The summed E-state index contributed by atoms with van der Waals surface area (Å²) in [5.41, 5.74) is 9.67. The van der Waals surface area contributed by atoms with Gasteiger partial charge >= 0.3 is 0 Å². The molecule has 0 fully saturated rings. The third kappa shape index (κ3) is 6.63. The van der Waals surface area contributed by atoms with Gasteiger partial charge in [-0.25, -0.2) is 0 Å².